The lowest BCUT2D eigenvalue weighted by atomic mass is 10.2. The van der Waals surface area contributed by atoms with Gasteiger partial charge in [0.25, 0.3) is 10.0 Å². The minimum atomic E-state index is -4.12. The van der Waals surface area contributed by atoms with Gasteiger partial charge in [-0.05, 0) is 31.2 Å². The summed E-state index contributed by atoms with van der Waals surface area (Å²) in [5.74, 6) is 0. The van der Waals surface area contributed by atoms with Crippen molar-refractivity contribution < 1.29 is 12.6 Å². The topological polar surface area (TPSA) is 89.4 Å². The summed E-state index contributed by atoms with van der Waals surface area (Å²) in [5, 5.41) is 0. The molecule has 23 heavy (non-hydrogen) atoms. The van der Waals surface area contributed by atoms with Gasteiger partial charge in [0, 0.05) is 11.2 Å². The molecule has 1 heterocycles. The summed E-state index contributed by atoms with van der Waals surface area (Å²) in [4.78, 5) is 0.292. The zero-order valence-corrected chi connectivity index (χ0v) is 14.8. The number of benzene rings is 2. The molecule has 0 bridgehead atoms. The number of hydrogen-bond acceptors (Lipinski definition) is 6. The third-order valence-corrected chi connectivity index (χ3v) is 7.72. The Bertz CT molecular complexity index is 1090. The van der Waals surface area contributed by atoms with Crippen LogP contribution < -0.4 is 0 Å². The molecule has 0 aliphatic carbocycles. The maximum absolute atomic E-state index is 12.8. The van der Waals surface area contributed by atoms with Crippen LogP contribution in [-0.4, -0.2) is 27.6 Å². The molecular weight excluding hydrogens is 354 g/mol. The average Bonchev–Trinajstić information content (AvgIpc) is 2.94. The van der Waals surface area contributed by atoms with E-state index in [0.29, 0.717) is 10.4 Å². The first kappa shape index (κ1) is 16.0. The molecule has 0 amide bonds. The number of nitrogens with zero attached hydrogens (tertiary/aromatic N) is 3. The van der Waals surface area contributed by atoms with Gasteiger partial charge in [0.2, 0.25) is 0 Å². The molecule has 3 aromatic rings. The van der Waals surface area contributed by atoms with E-state index in [1.165, 1.54) is 12.3 Å². The minimum Gasteiger partial charge on any atom is -0.244 e. The van der Waals surface area contributed by atoms with Crippen LogP contribution in [0.4, 0.5) is 0 Å². The van der Waals surface area contributed by atoms with Crippen LogP contribution in [0.3, 0.4) is 0 Å². The first-order valence-electron chi connectivity index (χ1n) is 6.56. The van der Waals surface area contributed by atoms with E-state index >= 15 is 0 Å². The van der Waals surface area contributed by atoms with Gasteiger partial charge in [-0.3, -0.25) is 0 Å². The van der Waals surface area contributed by atoms with E-state index < -0.39 is 19.8 Å². The van der Waals surface area contributed by atoms with Crippen LogP contribution in [0.15, 0.2) is 56.0 Å². The van der Waals surface area contributed by atoms with Crippen LogP contribution in [0.25, 0.3) is 11.0 Å². The molecule has 1 aromatic heterocycles. The first-order valence-corrected chi connectivity index (χ1v) is 10.7. The monoisotopic (exact) mass is 367 g/mol. The fraction of sp³-hybridized carbons (Fsp3) is 0.143. The molecule has 0 aliphatic rings. The number of sulfonamides is 1. The van der Waals surface area contributed by atoms with E-state index in [4.69, 9.17) is 0 Å². The molecule has 0 aliphatic heterocycles. The summed E-state index contributed by atoms with van der Waals surface area (Å²) >= 11 is 0.922. The maximum Gasteiger partial charge on any atom is 0.292 e. The van der Waals surface area contributed by atoms with Crippen LogP contribution >= 0.6 is 11.7 Å². The summed E-state index contributed by atoms with van der Waals surface area (Å²) in [7, 11) is -7.21. The summed E-state index contributed by atoms with van der Waals surface area (Å²) in [6, 6.07) is 11.4. The van der Waals surface area contributed by atoms with Gasteiger partial charge in [0.1, 0.15) is 15.9 Å². The van der Waals surface area contributed by atoms with Gasteiger partial charge in [0.05, 0.1) is 21.5 Å². The van der Waals surface area contributed by atoms with Gasteiger partial charge in [0.15, 0.2) is 0 Å². The van der Waals surface area contributed by atoms with Crippen molar-refractivity contribution in [3.63, 3.8) is 0 Å². The Morgan fingerprint density at radius 3 is 2.39 bits per heavy atom. The third-order valence-electron chi connectivity index (χ3n) is 3.23. The Morgan fingerprint density at radius 2 is 1.70 bits per heavy atom. The Morgan fingerprint density at radius 1 is 1.00 bits per heavy atom. The van der Waals surface area contributed by atoms with E-state index in [-0.39, 0.29) is 10.4 Å². The number of rotatable bonds is 3. The van der Waals surface area contributed by atoms with E-state index in [1.807, 2.05) is 6.92 Å². The minimum absolute atomic E-state index is 0.0783. The Balaban J connectivity index is 2.18. The molecule has 0 fully saturated rings. The molecular formula is C14H13N3O3S3. The number of aryl methyl sites for hydroxylation is 1. The van der Waals surface area contributed by atoms with Gasteiger partial charge in [-0.2, -0.15) is 17.2 Å². The van der Waals surface area contributed by atoms with Crippen molar-refractivity contribution >= 4 is 42.5 Å². The molecule has 6 nitrogen and oxygen atoms in total. The summed E-state index contributed by atoms with van der Waals surface area (Å²) in [5.41, 5.74) is 1.72. The number of fused-ring (bicyclic) bond motifs is 1. The molecule has 0 spiro atoms. The largest absolute Gasteiger partial charge is 0.292 e. The number of hydrogen-bond donors (Lipinski definition) is 0. The summed E-state index contributed by atoms with van der Waals surface area (Å²) in [6.45, 7) is 1.89. The van der Waals surface area contributed by atoms with Crippen LogP contribution in [0.1, 0.15) is 5.56 Å². The standard InChI is InChI=1S/C14H13N3O3S3/c1-10-6-8-11(9-7-10)22(2,18)17-23(19,20)13-5-3-4-12-14(13)16-21-15-12/h3-9H,1-2H3. The van der Waals surface area contributed by atoms with Crippen LogP contribution in [0.5, 0.6) is 0 Å². The molecule has 120 valence electrons. The third kappa shape index (κ3) is 3.12. The highest BCUT2D eigenvalue weighted by Gasteiger charge is 2.21. The summed E-state index contributed by atoms with van der Waals surface area (Å²) in [6.07, 6.45) is 1.31. The van der Waals surface area contributed by atoms with Crippen LogP contribution in [0, 0.1) is 6.92 Å². The highest BCUT2D eigenvalue weighted by molar-refractivity contribution is 8.03. The zero-order chi connectivity index (χ0) is 16.7. The lowest BCUT2D eigenvalue weighted by Crippen LogP contribution is -2.05. The predicted octanol–water partition coefficient (Wildman–Crippen LogP) is 2.85. The van der Waals surface area contributed by atoms with Gasteiger partial charge in [-0.15, -0.1) is 3.77 Å². The molecule has 9 heteroatoms. The van der Waals surface area contributed by atoms with Gasteiger partial charge in [-0.25, -0.2) is 4.21 Å². The molecule has 1 unspecified atom stereocenters. The van der Waals surface area contributed by atoms with Crippen molar-refractivity contribution in [3.8, 4) is 0 Å². The van der Waals surface area contributed by atoms with Crippen LogP contribution in [-0.2, 0) is 19.8 Å². The molecule has 2 aromatic carbocycles. The fourth-order valence-electron chi connectivity index (χ4n) is 2.05. The second-order valence-electron chi connectivity index (χ2n) is 5.05. The van der Waals surface area contributed by atoms with Crippen LogP contribution in [0.2, 0.25) is 0 Å². The van der Waals surface area contributed by atoms with Crippen molar-refractivity contribution in [2.75, 3.05) is 6.26 Å². The quantitative estimate of drug-likeness (QED) is 0.710. The normalized spacial score (nSPS) is 14.5. The van der Waals surface area contributed by atoms with Crippen molar-refractivity contribution in [1.82, 2.24) is 8.75 Å². The zero-order valence-electron chi connectivity index (χ0n) is 12.3. The SMILES string of the molecule is Cc1ccc(S(C)(=O)=NS(=O)(=O)c2cccc3nsnc23)cc1. The van der Waals surface area contributed by atoms with E-state index in [2.05, 4.69) is 12.5 Å². The molecule has 0 saturated carbocycles. The van der Waals surface area contributed by atoms with E-state index in [1.54, 1.807) is 36.4 Å². The highest BCUT2D eigenvalue weighted by Crippen LogP contribution is 2.25. The van der Waals surface area contributed by atoms with Gasteiger partial charge in [-0.1, -0.05) is 23.8 Å². The Kier molecular flexibility index (Phi) is 3.95. The van der Waals surface area contributed by atoms with Crippen molar-refractivity contribution in [2.45, 2.75) is 16.7 Å². The second kappa shape index (κ2) is 5.66. The fourth-order valence-corrected chi connectivity index (χ4v) is 6.11. The molecule has 0 saturated heterocycles. The lowest BCUT2D eigenvalue weighted by Gasteiger charge is -2.06. The van der Waals surface area contributed by atoms with Gasteiger partial charge >= 0.3 is 0 Å². The predicted molar refractivity (Wildman–Crippen MR) is 90.5 cm³/mol. The number of aromatic nitrogens is 2. The summed E-state index contributed by atoms with van der Waals surface area (Å²) < 4.78 is 49.7. The molecule has 3 rings (SSSR count). The van der Waals surface area contributed by atoms with Gasteiger partial charge < -0.3 is 0 Å². The smallest absolute Gasteiger partial charge is 0.244 e. The average molecular weight is 367 g/mol. The molecule has 0 radical (unpaired) electrons. The first-order chi connectivity index (χ1) is 10.8. The van der Waals surface area contributed by atoms with E-state index in [0.717, 1.165) is 17.3 Å². The lowest BCUT2D eigenvalue weighted by molar-refractivity contribution is 0.598. The molecule has 1 atom stereocenters. The van der Waals surface area contributed by atoms with Crippen molar-refractivity contribution in [2.24, 2.45) is 3.77 Å². The Labute approximate surface area is 138 Å². The van der Waals surface area contributed by atoms with E-state index in [9.17, 15) is 12.6 Å². The highest BCUT2D eigenvalue weighted by atomic mass is 32.3. The maximum atomic E-state index is 12.8. The van der Waals surface area contributed by atoms with Crippen molar-refractivity contribution in [3.05, 3.63) is 48.0 Å². The molecule has 0 N–H and O–H groups in total. The Hall–Kier alpha value is -1.84. The second-order valence-corrected chi connectivity index (χ2v) is 9.64. The van der Waals surface area contributed by atoms with Crippen molar-refractivity contribution in [1.29, 1.82) is 0 Å².